The van der Waals surface area contributed by atoms with Gasteiger partial charge in [-0.25, -0.2) is 0 Å². The van der Waals surface area contributed by atoms with Gasteiger partial charge in [-0.05, 0) is 30.7 Å². The Morgan fingerprint density at radius 1 is 1.29 bits per heavy atom. The second kappa shape index (κ2) is 5.85. The smallest absolute Gasteiger partial charge is 1.00 e. The summed E-state index contributed by atoms with van der Waals surface area (Å²) < 4.78 is 29.9. The zero-order valence-corrected chi connectivity index (χ0v) is 10.8. The Morgan fingerprint density at radius 2 is 1.79 bits per heavy atom. The number of benzene rings is 1. The largest absolute Gasteiger partial charge is 1.00 e. The average Bonchev–Trinajstić information content (AvgIpc) is 2.04. The van der Waals surface area contributed by atoms with E-state index in [1.807, 2.05) is 0 Å². The van der Waals surface area contributed by atoms with Gasteiger partial charge in [-0.2, -0.15) is 8.42 Å². The monoisotopic (exact) mass is 225 g/mol. The molecule has 0 aliphatic carbocycles. The van der Waals surface area contributed by atoms with Gasteiger partial charge in [0.15, 0.2) is 0 Å². The summed E-state index contributed by atoms with van der Waals surface area (Å²) in [5.74, 6) is 0. The first kappa shape index (κ1) is 14.1. The Labute approximate surface area is 107 Å². The van der Waals surface area contributed by atoms with E-state index in [-0.39, 0.29) is 35.9 Å². The molecule has 74 valence electrons. The quantitative estimate of drug-likeness (QED) is 0.442. The van der Waals surface area contributed by atoms with Crippen molar-refractivity contribution in [2.45, 2.75) is 11.3 Å². The summed E-state index contributed by atoms with van der Waals surface area (Å²) in [7, 11) is -4.07. The molecule has 0 saturated heterocycles. The third-order valence-electron chi connectivity index (χ3n) is 1.65. The molecular formula is C8H12NNaO3S. The van der Waals surface area contributed by atoms with E-state index < -0.39 is 10.1 Å². The third-order valence-corrected chi connectivity index (χ3v) is 2.52. The molecule has 1 rings (SSSR count). The van der Waals surface area contributed by atoms with Gasteiger partial charge in [0, 0.05) is 0 Å². The maximum Gasteiger partial charge on any atom is 1.00 e. The topological polar surface area (TPSA) is 80.4 Å². The van der Waals surface area contributed by atoms with Crippen molar-refractivity contribution < 1.29 is 44.0 Å². The zero-order chi connectivity index (χ0) is 9.90. The zero-order valence-electron chi connectivity index (χ0n) is 8.97. The molecule has 0 aromatic heterocycles. The molecule has 0 aliphatic rings. The van der Waals surface area contributed by atoms with Crippen LogP contribution in [-0.2, 0) is 16.5 Å². The van der Waals surface area contributed by atoms with Crippen LogP contribution in [0.2, 0.25) is 0 Å². The van der Waals surface area contributed by atoms with Crippen LogP contribution in [-0.4, -0.2) is 19.5 Å². The van der Waals surface area contributed by atoms with Crippen LogP contribution >= 0.6 is 0 Å². The van der Waals surface area contributed by atoms with Crippen molar-refractivity contribution in [1.82, 2.24) is 0 Å². The molecule has 0 spiro atoms. The van der Waals surface area contributed by atoms with Gasteiger partial charge in [-0.15, -0.1) is 0 Å². The molecule has 0 atom stereocenters. The minimum atomic E-state index is -4.07. The summed E-state index contributed by atoms with van der Waals surface area (Å²) >= 11 is 0. The first-order chi connectivity index (χ1) is 6.04. The van der Waals surface area contributed by atoms with Gasteiger partial charge in [-0.3, -0.25) is 4.55 Å². The first-order valence-electron chi connectivity index (χ1n) is 3.80. The van der Waals surface area contributed by atoms with Crippen LogP contribution in [0.4, 0.5) is 0 Å². The molecule has 6 heteroatoms. The number of hydrogen-bond acceptors (Lipinski definition) is 3. The molecule has 0 fully saturated rings. The van der Waals surface area contributed by atoms with E-state index in [0.29, 0.717) is 13.0 Å². The maximum atomic E-state index is 10.6. The van der Waals surface area contributed by atoms with Crippen LogP contribution in [0.15, 0.2) is 29.2 Å². The summed E-state index contributed by atoms with van der Waals surface area (Å²) in [5.41, 5.74) is 6.27. The van der Waals surface area contributed by atoms with Gasteiger partial charge in [0.25, 0.3) is 10.1 Å². The molecule has 0 amide bonds. The van der Waals surface area contributed by atoms with Crippen molar-refractivity contribution >= 4 is 10.1 Å². The van der Waals surface area contributed by atoms with Gasteiger partial charge in [0.2, 0.25) is 0 Å². The fourth-order valence-electron chi connectivity index (χ4n) is 0.995. The normalized spacial score (nSPS) is 10.7. The summed E-state index contributed by atoms with van der Waals surface area (Å²) in [6.07, 6.45) is 0.700. The van der Waals surface area contributed by atoms with E-state index in [1.54, 1.807) is 12.1 Å². The standard InChI is InChI=1S/C8H11NO3S.Na.H/c9-6-5-7-1-3-8(4-2-7)13(10,11)12;;/h1-4H,5-6,9H2,(H,10,11,12);;/q;+1;-1. The number of hydrogen-bond donors (Lipinski definition) is 2. The molecule has 0 heterocycles. The van der Waals surface area contributed by atoms with Crippen LogP contribution in [0.25, 0.3) is 0 Å². The molecular weight excluding hydrogens is 213 g/mol. The van der Waals surface area contributed by atoms with Crippen molar-refractivity contribution in [3.05, 3.63) is 29.8 Å². The maximum absolute atomic E-state index is 10.6. The van der Waals surface area contributed by atoms with E-state index in [2.05, 4.69) is 0 Å². The molecule has 1 aromatic rings. The van der Waals surface area contributed by atoms with E-state index in [0.717, 1.165) is 5.56 Å². The summed E-state index contributed by atoms with van der Waals surface area (Å²) in [5, 5.41) is 0. The van der Waals surface area contributed by atoms with Crippen LogP contribution in [0.1, 0.15) is 6.99 Å². The van der Waals surface area contributed by atoms with E-state index >= 15 is 0 Å². The van der Waals surface area contributed by atoms with E-state index in [9.17, 15) is 8.42 Å². The van der Waals surface area contributed by atoms with E-state index in [4.69, 9.17) is 10.3 Å². The van der Waals surface area contributed by atoms with Crippen LogP contribution in [0.3, 0.4) is 0 Å². The minimum absolute atomic E-state index is 0. The molecule has 0 bridgehead atoms. The van der Waals surface area contributed by atoms with Crippen LogP contribution in [0, 0.1) is 0 Å². The molecule has 0 unspecified atom stereocenters. The SMILES string of the molecule is NCCc1ccc(S(=O)(=O)O)cc1.[H-].[Na+]. The van der Waals surface area contributed by atoms with Crippen molar-refractivity contribution in [3.8, 4) is 0 Å². The fraction of sp³-hybridized carbons (Fsp3) is 0.250. The Balaban J connectivity index is 0. The molecule has 1 aromatic carbocycles. The number of nitrogens with two attached hydrogens (primary N) is 1. The minimum Gasteiger partial charge on any atom is -1.00 e. The second-order valence-electron chi connectivity index (χ2n) is 2.66. The fourth-order valence-corrected chi connectivity index (χ4v) is 1.47. The van der Waals surface area contributed by atoms with Gasteiger partial charge >= 0.3 is 29.6 Å². The average molecular weight is 225 g/mol. The van der Waals surface area contributed by atoms with Gasteiger partial charge < -0.3 is 7.16 Å². The summed E-state index contributed by atoms with van der Waals surface area (Å²) in [6, 6.07) is 5.99. The van der Waals surface area contributed by atoms with Crippen molar-refractivity contribution in [3.63, 3.8) is 0 Å². The summed E-state index contributed by atoms with van der Waals surface area (Å²) in [4.78, 5) is -0.0896. The Hall–Kier alpha value is 0.0900. The summed E-state index contributed by atoms with van der Waals surface area (Å²) in [6.45, 7) is 0.519. The Morgan fingerprint density at radius 3 is 2.14 bits per heavy atom. The van der Waals surface area contributed by atoms with Crippen molar-refractivity contribution in [2.75, 3.05) is 6.54 Å². The van der Waals surface area contributed by atoms with Gasteiger partial charge in [0.05, 0.1) is 4.90 Å². The van der Waals surface area contributed by atoms with Crippen molar-refractivity contribution in [2.24, 2.45) is 5.73 Å². The molecule has 4 nitrogen and oxygen atoms in total. The molecule has 14 heavy (non-hydrogen) atoms. The van der Waals surface area contributed by atoms with Gasteiger partial charge in [0.1, 0.15) is 0 Å². The predicted molar refractivity (Wildman–Crippen MR) is 50.1 cm³/mol. The number of rotatable bonds is 3. The van der Waals surface area contributed by atoms with Crippen molar-refractivity contribution in [1.29, 1.82) is 0 Å². The predicted octanol–water partition coefficient (Wildman–Crippen LogP) is -2.45. The van der Waals surface area contributed by atoms with E-state index in [1.165, 1.54) is 12.1 Å². The Bertz CT molecular complexity index is 379. The first-order valence-corrected chi connectivity index (χ1v) is 5.24. The van der Waals surface area contributed by atoms with Gasteiger partial charge in [-0.1, -0.05) is 12.1 Å². The Kier molecular flexibility index (Phi) is 5.88. The van der Waals surface area contributed by atoms with Crippen LogP contribution in [0.5, 0.6) is 0 Å². The third kappa shape index (κ3) is 4.08. The molecule has 3 N–H and O–H groups in total. The van der Waals surface area contributed by atoms with Crippen LogP contribution < -0.4 is 35.3 Å². The molecule has 0 saturated carbocycles. The molecule has 0 aliphatic heterocycles. The molecule has 0 radical (unpaired) electrons. The second-order valence-corrected chi connectivity index (χ2v) is 4.08.